The van der Waals surface area contributed by atoms with Crippen molar-refractivity contribution in [1.82, 2.24) is 9.97 Å². The third-order valence-electron chi connectivity index (χ3n) is 1.87. The fourth-order valence-electron chi connectivity index (χ4n) is 1.16. The van der Waals surface area contributed by atoms with Crippen LogP contribution in [0.1, 0.15) is 21.9 Å². The molecule has 0 saturated carbocycles. The van der Waals surface area contributed by atoms with Crippen LogP contribution < -0.4 is 0 Å². The molecule has 0 spiro atoms. The summed E-state index contributed by atoms with van der Waals surface area (Å²) in [7, 11) is 0. The number of hydrogen-bond donors (Lipinski definition) is 0. The van der Waals surface area contributed by atoms with Crippen LogP contribution in [0.5, 0.6) is 0 Å². The molecule has 0 unspecified atom stereocenters. The second-order valence-electron chi connectivity index (χ2n) is 2.95. The zero-order valence-electron chi connectivity index (χ0n) is 7.90. The van der Waals surface area contributed by atoms with Crippen molar-refractivity contribution in [3.05, 3.63) is 44.6 Å². The van der Waals surface area contributed by atoms with Gasteiger partial charge in [0.25, 0.3) is 0 Å². The lowest BCUT2D eigenvalue weighted by Crippen LogP contribution is -2.05. The molecule has 0 fully saturated rings. The molecule has 2 aromatic heterocycles. The average molecular weight is 283 g/mol. The molecular formula is C10H7BrN2OS. The van der Waals surface area contributed by atoms with E-state index in [0.29, 0.717) is 17.1 Å². The van der Waals surface area contributed by atoms with Gasteiger partial charge in [-0.25, -0.2) is 9.97 Å². The van der Waals surface area contributed by atoms with Gasteiger partial charge in [-0.1, -0.05) is 0 Å². The molecule has 0 aliphatic rings. The van der Waals surface area contributed by atoms with Gasteiger partial charge in [0.15, 0.2) is 0 Å². The second kappa shape index (κ2) is 4.20. The maximum atomic E-state index is 12.0. The van der Waals surface area contributed by atoms with Gasteiger partial charge in [0.05, 0.1) is 0 Å². The van der Waals surface area contributed by atoms with Gasteiger partial charge in [-0.15, -0.1) is 0 Å². The third kappa shape index (κ3) is 2.13. The summed E-state index contributed by atoms with van der Waals surface area (Å²) in [5, 5.41) is 3.69. The first-order chi connectivity index (χ1) is 7.18. The van der Waals surface area contributed by atoms with Gasteiger partial charge in [-0.05, 0) is 28.9 Å². The quantitative estimate of drug-likeness (QED) is 0.796. The Hall–Kier alpha value is -1.07. The Labute approximate surface area is 99.3 Å². The predicted octanol–water partition coefficient (Wildman–Crippen LogP) is 2.84. The highest BCUT2D eigenvalue weighted by Gasteiger charge is 2.14. The minimum atomic E-state index is -0.0753. The number of ketones is 1. The van der Waals surface area contributed by atoms with E-state index in [1.54, 1.807) is 19.2 Å². The van der Waals surface area contributed by atoms with Crippen LogP contribution in [0.15, 0.2) is 27.5 Å². The molecule has 0 atom stereocenters. The Bertz CT molecular complexity index is 510. The molecule has 0 amide bonds. The zero-order valence-corrected chi connectivity index (χ0v) is 10.3. The fraction of sp³-hybridized carbons (Fsp3) is 0.100. The third-order valence-corrected chi connectivity index (χ3v) is 3.57. The monoisotopic (exact) mass is 282 g/mol. The van der Waals surface area contributed by atoms with Gasteiger partial charge >= 0.3 is 0 Å². The molecule has 0 aliphatic heterocycles. The Morgan fingerprint density at radius 1 is 1.47 bits per heavy atom. The molecule has 0 radical (unpaired) electrons. The molecule has 15 heavy (non-hydrogen) atoms. The van der Waals surface area contributed by atoms with E-state index in [2.05, 4.69) is 25.9 Å². The van der Waals surface area contributed by atoms with E-state index >= 15 is 0 Å². The number of aromatic nitrogens is 2. The molecule has 2 heterocycles. The summed E-state index contributed by atoms with van der Waals surface area (Å²) >= 11 is 4.81. The standard InChI is InChI=1S/C10H7BrN2OS/c1-6-12-3-2-9(13-6)10(14)7-4-15-5-8(7)11/h2-5H,1H3. The second-order valence-corrected chi connectivity index (χ2v) is 4.55. The number of carbonyl (C=O) groups is 1. The summed E-state index contributed by atoms with van der Waals surface area (Å²) in [4.78, 5) is 20.0. The highest BCUT2D eigenvalue weighted by molar-refractivity contribution is 9.10. The van der Waals surface area contributed by atoms with Gasteiger partial charge in [-0.3, -0.25) is 4.79 Å². The zero-order chi connectivity index (χ0) is 10.8. The van der Waals surface area contributed by atoms with Crippen LogP contribution >= 0.6 is 27.3 Å². The summed E-state index contributed by atoms with van der Waals surface area (Å²) in [6.45, 7) is 1.76. The molecular weight excluding hydrogens is 276 g/mol. The Balaban J connectivity index is 2.41. The van der Waals surface area contributed by atoms with Gasteiger partial charge < -0.3 is 0 Å². The number of hydrogen-bond acceptors (Lipinski definition) is 4. The summed E-state index contributed by atoms with van der Waals surface area (Å²) in [5.74, 6) is 0.529. The predicted molar refractivity (Wildman–Crippen MR) is 62.2 cm³/mol. The maximum absolute atomic E-state index is 12.0. The van der Waals surface area contributed by atoms with Crippen LogP contribution in [0, 0.1) is 6.92 Å². The maximum Gasteiger partial charge on any atom is 0.213 e. The molecule has 76 valence electrons. The summed E-state index contributed by atoms with van der Waals surface area (Å²) in [6, 6.07) is 1.62. The van der Waals surface area contributed by atoms with E-state index in [9.17, 15) is 4.79 Å². The molecule has 0 aliphatic carbocycles. The average Bonchev–Trinajstić information content (AvgIpc) is 2.63. The van der Waals surface area contributed by atoms with Gasteiger partial charge in [0, 0.05) is 27.0 Å². The number of halogens is 1. The number of carbonyl (C=O) groups excluding carboxylic acids is 1. The minimum absolute atomic E-state index is 0.0753. The summed E-state index contributed by atoms with van der Waals surface area (Å²) < 4.78 is 0.814. The van der Waals surface area contributed by atoms with E-state index in [4.69, 9.17) is 0 Å². The highest BCUT2D eigenvalue weighted by atomic mass is 79.9. The van der Waals surface area contributed by atoms with Crippen molar-refractivity contribution in [2.75, 3.05) is 0 Å². The lowest BCUT2D eigenvalue weighted by molar-refractivity contribution is 0.103. The molecule has 0 N–H and O–H groups in total. The van der Waals surface area contributed by atoms with Crippen molar-refractivity contribution in [3.63, 3.8) is 0 Å². The van der Waals surface area contributed by atoms with E-state index < -0.39 is 0 Å². The van der Waals surface area contributed by atoms with Crippen molar-refractivity contribution in [3.8, 4) is 0 Å². The van der Waals surface area contributed by atoms with Gasteiger partial charge in [-0.2, -0.15) is 11.3 Å². The molecule has 0 aromatic carbocycles. The van der Waals surface area contributed by atoms with E-state index in [0.717, 1.165) is 4.47 Å². The number of thiophene rings is 1. The first-order valence-corrected chi connectivity index (χ1v) is 5.98. The largest absolute Gasteiger partial charge is 0.287 e. The molecule has 5 heteroatoms. The smallest absolute Gasteiger partial charge is 0.213 e. The van der Waals surface area contributed by atoms with Crippen LogP contribution in [0.3, 0.4) is 0 Å². The molecule has 2 aromatic rings. The Kier molecular flexibility index (Phi) is 2.93. The van der Waals surface area contributed by atoms with Crippen LogP contribution in [0.25, 0.3) is 0 Å². The van der Waals surface area contributed by atoms with Crippen molar-refractivity contribution >= 4 is 33.0 Å². The molecule has 3 nitrogen and oxygen atoms in total. The van der Waals surface area contributed by atoms with Crippen LogP contribution in [-0.2, 0) is 0 Å². The van der Waals surface area contributed by atoms with Crippen LogP contribution in [0.4, 0.5) is 0 Å². The van der Waals surface area contributed by atoms with E-state index in [1.807, 2.05) is 10.8 Å². The normalized spacial score (nSPS) is 10.3. The first-order valence-electron chi connectivity index (χ1n) is 4.24. The Morgan fingerprint density at radius 2 is 2.27 bits per heavy atom. The van der Waals surface area contributed by atoms with Crippen molar-refractivity contribution in [2.24, 2.45) is 0 Å². The lowest BCUT2D eigenvalue weighted by atomic mass is 10.1. The van der Waals surface area contributed by atoms with Crippen molar-refractivity contribution in [2.45, 2.75) is 6.92 Å². The van der Waals surface area contributed by atoms with E-state index in [-0.39, 0.29) is 5.78 Å². The Morgan fingerprint density at radius 3 is 2.87 bits per heavy atom. The fourth-order valence-corrected chi connectivity index (χ4v) is 2.62. The van der Waals surface area contributed by atoms with Gasteiger partial charge in [0.2, 0.25) is 5.78 Å². The summed E-state index contributed by atoms with van der Waals surface area (Å²) in [5.41, 5.74) is 1.08. The first kappa shape index (κ1) is 10.4. The SMILES string of the molecule is Cc1nccc(C(=O)c2cscc2Br)n1. The van der Waals surface area contributed by atoms with Crippen LogP contribution in [-0.4, -0.2) is 15.8 Å². The topological polar surface area (TPSA) is 42.9 Å². The van der Waals surface area contributed by atoms with Crippen molar-refractivity contribution < 1.29 is 4.79 Å². The van der Waals surface area contributed by atoms with E-state index in [1.165, 1.54) is 11.3 Å². The molecule has 0 bridgehead atoms. The summed E-state index contributed by atoms with van der Waals surface area (Å²) in [6.07, 6.45) is 1.59. The molecule has 2 rings (SSSR count). The minimum Gasteiger partial charge on any atom is -0.287 e. The number of nitrogens with zero attached hydrogens (tertiary/aromatic N) is 2. The van der Waals surface area contributed by atoms with Gasteiger partial charge in [0.1, 0.15) is 11.5 Å². The number of rotatable bonds is 2. The lowest BCUT2D eigenvalue weighted by Gasteiger charge is -1.99. The highest BCUT2D eigenvalue weighted by Crippen LogP contribution is 2.23. The van der Waals surface area contributed by atoms with Crippen LogP contribution in [0.2, 0.25) is 0 Å². The number of aryl methyl sites for hydroxylation is 1. The van der Waals surface area contributed by atoms with Crippen molar-refractivity contribution in [1.29, 1.82) is 0 Å². The molecule has 0 saturated heterocycles.